The third kappa shape index (κ3) is 3.23. The van der Waals surface area contributed by atoms with Gasteiger partial charge in [0.2, 0.25) is 5.91 Å². The Morgan fingerprint density at radius 1 is 1.22 bits per heavy atom. The van der Waals surface area contributed by atoms with E-state index >= 15 is 0 Å². The van der Waals surface area contributed by atoms with Crippen LogP contribution in [0.2, 0.25) is 0 Å². The monoisotopic (exact) mass is 254 g/mol. The van der Waals surface area contributed by atoms with Gasteiger partial charge in [0, 0.05) is 37.9 Å². The van der Waals surface area contributed by atoms with Gasteiger partial charge >= 0.3 is 0 Å². The summed E-state index contributed by atoms with van der Waals surface area (Å²) in [5.41, 5.74) is 0. The number of rotatable bonds is 3. The molecule has 4 nitrogen and oxygen atoms in total. The minimum Gasteiger partial charge on any atom is -0.351 e. The molecule has 0 aromatic carbocycles. The normalized spacial score (nSPS) is 26.1. The van der Waals surface area contributed by atoms with E-state index in [0.29, 0.717) is 18.0 Å². The lowest BCUT2D eigenvalue weighted by atomic mass is 9.94. The van der Waals surface area contributed by atoms with Crippen molar-refractivity contribution in [3.05, 3.63) is 0 Å². The fourth-order valence-electron chi connectivity index (χ4n) is 2.87. The molecule has 2 aliphatic rings. The standard InChI is InChI=1S/C14H27N3O/c1-11(2)16-9-13(10-16)15-14(18)12-5-7-17(3,4)8-6-12/h11-13H,5-10H2,1-4H3/p+1. The summed E-state index contributed by atoms with van der Waals surface area (Å²) in [6.07, 6.45) is 2.08. The highest BCUT2D eigenvalue weighted by atomic mass is 16.2. The van der Waals surface area contributed by atoms with E-state index in [0.717, 1.165) is 43.5 Å². The van der Waals surface area contributed by atoms with Crippen LogP contribution in [0.3, 0.4) is 0 Å². The Bertz CT molecular complexity index is 298. The number of likely N-dealkylation sites (tertiary alicyclic amines) is 2. The summed E-state index contributed by atoms with van der Waals surface area (Å²) in [4.78, 5) is 14.5. The smallest absolute Gasteiger partial charge is 0.223 e. The number of piperidine rings is 1. The van der Waals surface area contributed by atoms with Crippen molar-refractivity contribution in [2.24, 2.45) is 5.92 Å². The molecule has 4 heteroatoms. The molecule has 0 spiro atoms. The van der Waals surface area contributed by atoms with Gasteiger partial charge in [0.1, 0.15) is 0 Å². The van der Waals surface area contributed by atoms with Crippen molar-refractivity contribution in [1.29, 1.82) is 0 Å². The molecule has 104 valence electrons. The molecule has 18 heavy (non-hydrogen) atoms. The number of carbonyl (C=O) groups excluding carboxylic acids is 1. The highest BCUT2D eigenvalue weighted by molar-refractivity contribution is 5.79. The average molecular weight is 254 g/mol. The fourth-order valence-corrected chi connectivity index (χ4v) is 2.87. The van der Waals surface area contributed by atoms with Crippen molar-refractivity contribution in [3.63, 3.8) is 0 Å². The van der Waals surface area contributed by atoms with Crippen molar-refractivity contribution in [2.75, 3.05) is 40.3 Å². The van der Waals surface area contributed by atoms with Gasteiger partial charge in [0.05, 0.1) is 33.2 Å². The second-order valence-corrected chi connectivity index (χ2v) is 6.91. The quantitative estimate of drug-likeness (QED) is 0.751. The van der Waals surface area contributed by atoms with Crippen molar-refractivity contribution in [2.45, 2.75) is 38.8 Å². The number of quaternary nitrogens is 1. The molecule has 2 aliphatic heterocycles. The lowest BCUT2D eigenvalue weighted by Gasteiger charge is -2.43. The Hall–Kier alpha value is -0.610. The average Bonchev–Trinajstić information content (AvgIpc) is 2.21. The summed E-state index contributed by atoms with van der Waals surface area (Å²) in [6.45, 7) is 8.72. The van der Waals surface area contributed by atoms with Crippen LogP contribution < -0.4 is 5.32 Å². The maximum absolute atomic E-state index is 12.2. The summed E-state index contributed by atoms with van der Waals surface area (Å²) in [7, 11) is 4.50. The Morgan fingerprint density at radius 2 is 1.78 bits per heavy atom. The summed E-state index contributed by atoms with van der Waals surface area (Å²) in [6, 6.07) is 0.996. The molecule has 1 N–H and O–H groups in total. The zero-order valence-electron chi connectivity index (χ0n) is 12.3. The Labute approximate surface area is 111 Å². The van der Waals surface area contributed by atoms with Crippen molar-refractivity contribution in [3.8, 4) is 0 Å². The molecule has 2 saturated heterocycles. The lowest BCUT2D eigenvalue weighted by molar-refractivity contribution is -0.895. The van der Waals surface area contributed by atoms with Crippen LogP contribution in [0.25, 0.3) is 0 Å². The van der Waals surface area contributed by atoms with Gasteiger partial charge < -0.3 is 9.80 Å². The highest BCUT2D eigenvalue weighted by Gasteiger charge is 2.34. The molecule has 0 saturated carbocycles. The first-order valence-corrected chi connectivity index (χ1v) is 7.24. The van der Waals surface area contributed by atoms with Crippen molar-refractivity contribution in [1.82, 2.24) is 10.2 Å². The van der Waals surface area contributed by atoms with Gasteiger partial charge in [0.25, 0.3) is 0 Å². The fraction of sp³-hybridized carbons (Fsp3) is 0.929. The molecule has 2 rings (SSSR count). The molecule has 2 fully saturated rings. The van der Waals surface area contributed by atoms with E-state index in [1.807, 2.05) is 0 Å². The summed E-state index contributed by atoms with van der Waals surface area (Å²) in [5, 5.41) is 3.21. The second-order valence-electron chi connectivity index (χ2n) is 6.91. The van der Waals surface area contributed by atoms with Gasteiger partial charge in [-0.15, -0.1) is 0 Å². The summed E-state index contributed by atoms with van der Waals surface area (Å²) < 4.78 is 1.06. The maximum atomic E-state index is 12.2. The number of amides is 1. The molecule has 0 atom stereocenters. The van der Waals surface area contributed by atoms with Crippen molar-refractivity contribution >= 4 is 5.91 Å². The third-order valence-corrected chi connectivity index (χ3v) is 4.52. The van der Waals surface area contributed by atoms with Crippen LogP contribution in [-0.2, 0) is 4.79 Å². The maximum Gasteiger partial charge on any atom is 0.223 e. The minimum atomic E-state index is 0.254. The van der Waals surface area contributed by atoms with E-state index in [9.17, 15) is 4.79 Å². The second kappa shape index (κ2) is 5.17. The molecule has 0 radical (unpaired) electrons. The van der Waals surface area contributed by atoms with E-state index in [2.05, 4.69) is 38.2 Å². The van der Waals surface area contributed by atoms with Gasteiger partial charge in [-0.05, 0) is 13.8 Å². The zero-order chi connectivity index (χ0) is 13.3. The number of hydrogen-bond donors (Lipinski definition) is 1. The number of carbonyl (C=O) groups is 1. The molecule has 0 aliphatic carbocycles. The summed E-state index contributed by atoms with van der Waals surface area (Å²) >= 11 is 0. The van der Waals surface area contributed by atoms with Crippen molar-refractivity contribution < 1.29 is 9.28 Å². The van der Waals surface area contributed by atoms with E-state index in [1.54, 1.807) is 0 Å². The number of hydrogen-bond acceptors (Lipinski definition) is 2. The van der Waals surface area contributed by atoms with Crippen LogP contribution in [0, 0.1) is 5.92 Å². The Morgan fingerprint density at radius 3 is 2.28 bits per heavy atom. The van der Waals surface area contributed by atoms with Gasteiger partial charge in [0.15, 0.2) is 0 Å². The Kier molecular flexibility index (Phi) is 3.97. The van der Waals surface area contributed by atoms with Crippen LogP contribution in [0.4, 0.5) is 0 Å². The van der Waals surface area contributed by atoms with Crippen LogP contribution in [0.15, 0.2) is 0 Å². The SMILES string of the molecule is CC(C)N1CC(NC(=O)C2CC[N+](C)(C)CC2)C1. The van der Waals surface area contributed by atoms with Gasteiger partial charge in [-0.25, -0.2) is 0 Å². The summed E-state index contributed by atoms with van der Waals surface area (Å²) in [5.74, 6) is 0.548. The first-order valence-electron chi connectivity index (χ1n) is 7.24. The predicted molar refractivity (Wildman–Crippen MR) is 73.2 cm³/mol. The van der Waals surface area contributed by atoms with Gasteiger partial charge in [-0.3, -0.25) is 9.69 Å². The molecule has 2 heterocycles. The molecule has 1 amide bonds. The highest BCUT2D eigenvalue weighted by Crippen LogP contribution is 2.21. The molecular formula is C14H28N3O+. The van der Waals surface area contributed by atoms with Gasteiger partial charge in [-0.1, -0.05) is 0 Å². The van der Waals surface area contributed by atoms with E-state index in [-0.39, 0.29) is 5.92 Å². The van der Waals surface area contributed by atoms with Crippen LogP contribution in [0.1, 0.15) is 26.7 Å². The largest absolute Gasteiger partial charge is 0.351 e. The predicted octanol–water partition coefficient (Wildman–Crippen LogP) is 0.682. The minimum absolute atomic E-state index is 0.254. The van der Waals surface area contributed by atoms with Crippen LogP contribution in [-0.4, -0.2) is 67.6 Å². The number of nitrogens with zero attached hydrogens (tertiary/aromatic N) is 2. The molecule has 0 bridgehead atoms. The van der Waals surface area contributed by atoms with E-state index in [1.165, 1.54) is 0 Å². The molecule has 0 unspecified atom stereocenters. The molecule has 0 aromatic heterocycles. The van der Waals surface area contributed by atoms with E-state index < -0.39 is 0 Å². The molecule has 0 aromatic rings. The Balaban J connectivity index is 1.70. The zero-order valence-corrected chi connectivity index (χ0v) is 12.3. The first kappa shape index (κ1) is 13.8. The first-order chi connectivity index (χ1) is 8.37. The van der Waals surface area contributed by atoms with Crippen LogP contribution in [0.5, 0.6) is 0 Å². The number of nitrogens with one attached hydrogen (secondary N) is 1. The molecular weight excluding hydrogens is 226 g/mol. The van der Waals surface area contributed by atoms with Crippen LogP contribution >= 0.6 is 0 Å². The van der Waals surface area contributed by atoms with Gasteiger partial charge in [-0.2, -0.15) is 0 Å². The topological polar surface area (TPSA) is 32.3 Å². The van der Waals surface area contributed by atoms with E-state index in [4.69, 9.17) is 0 Å². The third-order valence-electron chi connectivity index (χ3n) is 4.52. The lowest BCUT2D eigenvalue weighted by Crippen LogP contribution is -2.62.